The van der Waals surface area contributed by atoms with Gasteiger partial charge in [0.2, 0.25) is 0 Å². The summed E-state index contributed by atoms with van der Waals surface area (Å²) >= 11 is 0. The number of pyridine rings is 1. The third-order valence-corrected chi connectivity index (χ3v) is 7.33. The van der Waals surface area contributed by atoms with Gasteiger partial charge >= 0.3 is 5.97 Å². The van der Waals surface area contributed by atoms with Crippen LogP contribution in [0, 0.1) is 17.8 Å². The Morgan fingerprint density at radius 1 is 0.861 bits per heavy atom. The van der Waals surface area contributed by atoms with Crippen molar-refractivity contribution in [3.05, 3.63) is 42.3 Å². The number of nitrogens with zero attached hydrogens (tertiary/aromatic N) is 1. The SMILES string of the molecule is CCCCCCCCOc1ccc(-c2ccc(OC(=O)C3CCC(CCCCC)CC3)cc2)nc1F. The van der Waals surface area contributed by atoms with Gasteiger partial charge < -0.3 is 9.47 Å². The van der Waals surface area contributed by atoms with Crippen LogP contribution < -0.4 is 9.47 Å². The summed E-state index contributed by atoms with van der Waals surface area (Å²) in [5.74, 6) is 0.739. The zero-order valence-electron chi connectivity index (χ0n) is 22.3. The lowest BCUT2D eigenvalue weighted by Crippen LogP contribution is -2.25. The maximum atomic E-state index is 14.5. The van der Waals surface area contributed by atoms with E-state index >= 15 is 0 Å². The number of benzene rings is 1. The van der Waals surface area contributed by atoms with Gasteiger partial charge in [-0.3, -0.25) is 4.79 Å². The summed E-state index contributed by atoms with van der Waals surface area (Å²) in [6.45, 7) is 4.94. The maximum absolute atomic E-state index is 14.5. The molecular weight excluding hydrogens is 453 g/mol. The molecule has 0 aliphatic heterocycles. The van der Waals surface area contributed by atoms with Gasteiger partial charge in [-0.25, -0.2) is 4.98 Å². The number of carbonyl (C=O) groups is 1. The van der Waals surface area contributed by atoms with E-state index in [9.17, 15) is 9.18 Å². The highest BCUT2D eigenvalue weighted by Crippen LogP contribution is 2.33. The molecule has 3 rings (SSSR count). The number of rotatable bonds is 15. The van der Waals surface area contributed by atoms with Crippen molar-refractivity contribution >= 4 is 5.97 Å². The second-order valence-corrected chi connectivity index (χ2v) is 10.3. The smallest absolute Gasteiger partial charge is 0.314 e. The maximum Gasteiger partial charge on any atom is 0.314 e. The Morgan fingerprint density at radius 3 is 2.22 bits per heavy atom. The molecule has 0 amide bonds. The average molecular weight is 498 g/mol. The number of carbonyl (C=O) groups excluding carboxylic acids is 1. The predicted molar refractivity (Wildman–Crippen MR) is 144 cm³/mol. The van der Waals surface area contributed by atoms with Gasteiger partial charge in [-0.1, -0.05) is 71.6 Å². The molecule has 0 radical (unpaired) electrons. The van der Waals surface area contributed by atoms with E-state index in [1.165, 1.54) is 51.4 Å². The summed E-state index contributed by atoms with van der Waals surface area (Å²) in [7, 11) is 0. The minimum atomic E-state index is -0.598. The first kappa shape index (κ1) is 28.1. The van der Waals surface area contributed by atoms with E-state index in [0.29, 0.717) is 18.1 Å². The van der Waals surface area contributed by atoms with E-state index in [-0.39, 0.29) is 17.6 Å². The highest BCUT2D eigenvalue weighted by molar-refractivity contribution is 5.75. The Bertz CT molecular complexity index is 907. The Labute approximate surface area is 217 Å². The summed E-state index contributed by atoms with van der Waals surface area (Å²) < 4.78 is 25.7. The quantitative estimate of drug-likeness (QED) is 0.107. The van der Waals surface area contributed by atoms with Crippen LogP contribution in [0.2, 0.25) is 0 Å². The molecule has 1 heterocycles. The van der Waals surface area contributed by atoms with Crippen molar-refractivity contribution in [1.29, 1.82) is 0 Å². The van der Waals surface area contributed by atoms with Gasteiger partial charge in [0.25, 0.3) is 5.95 Å². The monoisotopic (exact) mass is 497 g/mol. The molecule has 1 saturated carbocycles. The normalized spacial score (nSPS) is 17.6. The largest absolute Gasteiger partial charge is 0.489 e. The molecule has 0 saturated heterocycles. The molecule has 0 spiro atoms. The standard InChI is InChI=1S/C31H44FNO3/c1-3-5-7-8-9-11-23-35-29-22-21-28(33-30(29)32)25-17-19-27(20-18-25)36-31(34)26-15-13-24(14-16-26)12-10-6-4-2/h17-22,24,26H,3-16,23H2,1-2H3. The second kappa shape index (κ2) is 15.6. The summed E-state index contributed by atoms with van der Waals surface area (Å²) in [5.41, 5.74) is 1.29. The summed E-state index contributed by atoms with van der Waals surface area (Å²) in [6, 6.07) is 10.5. The van der Waals surface area contributed by atoms with E-state index in [0.717, 1.165) is 50.0 Å². The molecule has 0 atom stereocenters. The fraction of sp³-hybridized carbons (Fsp3) is 0.613. The van der Waals surface area contributed by atoms with Gasteiger partial charge in [-0.15, -0.1) is 0 Å². The van der Waals surface area contributed by atoms with Gasteiger partial charge in [-0.05, 0) is 74.4 Å². The fourth-order valence-electron chi connectivity index (χ4n) is 5.02. The third kappa shape index (κ3) is 9.22. The minimum absolute atomic E-state index is 0.00764. The first-order valence-corrected chi connectivity index (χ1v) is 14.2. The number of aromatic nitrogens is 1. The predicted octanol–water partition coefficient (Wildman–Crippen LogP) is 8.92. The van der Waals surface area contributed by atoms with Crippen molar-refractivity contribution in [2.24, 2.45) is 11.8 Å². The Morgan fingerprint density at radius 2 is 1.53 bits per heavy atom. The Kier molecular flexibility index (Phi) is 12.2. The summed E-state index contributed by atoms with van der Waals surface area (Å²) in [6.07, 6.45) is 16.2. The van der Waals surface area contributed by atoms with E-state index < -0.39 is 5.95 Å². The van der Waals surface area contributed by atoms with Crippen LogP contribution in [-0.4, -0.2) is 17.6 Å². The van der Waals surface area contributed by atoms with Crippen molar-refractivity contribution in [3.63, 3.8) is 0 Å². The lowest BCUT2D eigenvalue weighted by molar-refractivity contribution is -0.140. The van der Waals surface area contributed by atoms with Crippen LogP contribution in [0.1, 0.15) is 104 Å². The van der Waals surface area contributed by atoms with Gasteiger partial charge in [-0.2, -0.15) is 4.39 Å². The van der Waals surface area contributed by atoms with E-state index in [1.807, 2.05) is 12.1 Å². The lowest BCUT2D eigenvalue weighted by Gasteiger charge is -2.27. The molecule has 1 aromatic carbocycles. The highest BCUT2D eigenvalue weighted by atomic mass is 19.1. The van der Waals surface area contributed by atoms with Gasteiger partial charge in [0, 0.05) is 5.56 Å². The van der Waals surface area contributed by atoms with Crippen molar-refractivity contribution in [2.45, 2.75) is 104 Å². The fourth-order valence-corrected chi connectivity index (χ4v) is 5.02. The van der Waals surface area contributed by atoms with E-state index in [4.69, 9.17) is 9.47 Å². The number of halogens is 1. The third-order valence-electron chi connectivity index (χ3n) is 7.33. The van der Waals surface area contributed by atoms with E-state index in [2.05, 4.69) is 18.8 Å². The second-order valence-electron chi connectivity index (χ2n) is 10.3. The molecule has 5 heteroatoms. The molecule has 4 nitrogen and oxygen atoms in total. The molecule has 0 unspecified atom stereocenters. The molecule has 2 aromatic rings. The highest BCUT2D eigenvalue weighted by Gasteiger charge is 2.27. The number of unbranched alkanes of at least 4 members (excludes halogenated alkanes) is 7. The van der Waals surface area contributed by atoms with Crippen molar-refractivity contribution in [3.8, 4) is 22.8 Å². The van der Waals surface area contributed by atoms with Crippen LogP contribution in [0.4, 0.5) is 4.39 Å². The first-order valence-electron chi connectivity index (χ1n) is 14.2. The van der Waals surface area contributed by atoms with Crippen molar-refractivity contribution in [2.75, 3.05) is 6.61 Å². The van der Waals surface area contributed by atoms with Crippen LogP contribution in [0.5, 0.6) is 11.5 Å². The van der Waals surface area contributed by atoms with Gasteiger partial charge in [0.05, 0.1) is 18.2 Å². The first-order chi connectivity index (χ1) is 17.6. The van der Waals surface area contributed by atoms with Gasteiger partial charge in [0.1, 0.15) is 5.75 Å². The van der Waals surface area contributed by atoms with E-state index in [1.54, 1.807) is 24.3 Å². The molecule has 1 aliphatic carbocycles. The number of hydrogen-bond acceptors (Lipinski definition) is 4. The van der Waals surface area contributed by atoms with Crippen LogP contribution in [0.3, 0.4) is 0 Å². The number of hydrogen-bond donors (Lipinski definition) is 0. The van der Waals surface area contributed by atoms with Crippen molar-refractivity contribution < 1.29 is 18.7 Å². The van der Waals surface area contributed by atoms with Crippen LogP contribution >= 0.6 is 0 Å². The Balaban J connectivity index is 1.43. The molecular formula is C31H44FNO3. The van der Waals surface area contributed by atoms with Gasteiger partial charge in [0.15, 0.2) is 5.75 Å². The zero-order valence-corrected chi connectivity index (χ0v) is 22.3. The van der Waals surface area contributed by atoms with Crippen LogP contribution in [0.15, 0.2) is 36.4 Å². The summed E-state index contributed by atoms with van der Waals surface area (Å²) in [4.78, 5) is 16.7. The number of ether oxygens (including phenoxy) is 2. The van der Waals surface area contributed by atoms with Crippen LogP contribution in [-0.2, 0) is 4.79 Å². The average Bonchev–Trinajstić information content (AvgIpc) is 2.90. The topological polar surface area (TPSA) is 48.4 Å². The molecule has 0 N–H and O–H groups in total. The summed E-state index contributed by atoms with van der Waals surface area (Å²) in [5, 5.41) is 0. The lowest BCUT2D eigenvalue weighted by atomic mass is 9.80. The zero-order chi connectivity index (χ0) is 25.6. The minimum Gasteiger partial charge on any atom is -0.489 e. The number of esters is 1. The molecule has 1 aliphatic rings. The molecule has 198 valence electrons. The molecule has 0 bridgehead atoms. The molecule has 1 aromatic heterocycles. The molecule has 36 heavy (non-hydrogen) atoms. The van der Waals surface area contributed by atoms with Crippen LogP contribution in [0.25, 0.3) is 11.3 Å². The van der Waals surface area contributed by atoms with Crippen molar-refractivity contribution in [1.82, 2.24) is 4.98 Å². The Hall–Kier alpha value is -2.43. The molecule has 1 fully saturated rings.